The molecule has 1 aromatic carbocycles. The number of aryl methyl sites for hydroxylation is 3. The number of rotatable bonds is 7. The Morgan fingerprint density at radius 2 is 1.96 bits per heavy atom. The van der Waals surface area contributed by atoms with Crippen molar-refractivity contribution < 1.29 is 13.9 Å². The van der Waals surface area contributed by atoms with Gasteiger partial charge in [0.05, 0.1) is 11.7 Å². The van der Waals surface area contributed by atoms with Crippen LogP contribution in [-0.4, -0.2) is 15.7 Å². The van der Waals surface area contributed by atoms with Gasteiger partial charge in [0, 0.05) is 12.7 Å². The lowest BCUT2D eigenvalue weighted by molar-refractivity contribution is 0.0906. The van der Waals surface area contributed by atoms with Gasteiger partial charge < -0.3 is 14.5 Å². The number of amides is 1. The second-order valence-corrected chi connectivity index (χ2v) is 6.54. The SMILES string of the molecule is CCn1nccc1C(C)NC(=O)c1ccc(COc2c(C)cccc2C)o1. The minimum atomic E-state index is -0.260. The third-order valence-corrected chi connectivity index (χ3v) is 4.49. The van der Waals surface area contributed by atoms with Crippen molar-refractivity contribution in [2.24, 2.45) is 0 Å². The smallest absolute Gasteiger partial charge is 0.287 e. The first kappa shape index (κ1) is 18.8. The molecule has 0 saturated carbocycles. The van der Waals surface area contributed by atoms with Crippen LogP contribution < -0.4 is 10.1 Å². The Morgan fingerprint density at radius 1 is 1.22 bits per heavy atom. The molecule has 1 atom stereocenters. The maximum absolute atomic E-state index is 12.5. The largest absolute Gasteiger partial charge is 0.485 e. The number of para-hydroxylation sites is 1. The first-order valence-electron chi connectivity index (χ1n) is 9.10. The van der Waals surface area contributed by atoms with Crippen LogP contribution in [0.5, 0.6) is 5.75 Å². The van der Waals surface area contributed by atoms with Gasteiger partial charge in [-0.3, -0.25) is 9.48 Å². The molecule has 1 unspecified atom stereocenters. The number of hydrogen-bond donors (Lipinski definition) is 1. The molecule has 0 spiro atoms. The molecule has 0 aliphatic rings. The molecule has 0 radical (unpaired) electrons. The number of ether oxygens (including phenoxy) is 1. The normalized spacial score (nSPS) is 12.0. The molecule has 2 aromatic heterocycles. The van der Waals surface area contributed by atoms with E-state index in [2.05, 4.69) is 10.4 Å². The summed E-state index contributed by atoms with van der Waals surface area (Å²) < 4.78 is 13.4. The Labute approximate surface area is 159 Å². The Hall–Kier alpha value is -3.02. The molecule has 0 saturated heterocycles. The molecule has 6 heteroatoms. The number of nitrogens with zero attached hydrogens (tertiary/aromatic N) is 2. The second-order valence-electron chi connectivity index (χ2n) is 6.54. The molecule has 1 amide bonds. The van der Waals surface area contributed by atoms with Crippen LogP contribution in [0.4, 0.5) is 0 Å². The summed E-state index contributed by atoms with van der Waals surface area (Å²) >= 11 is 0. The highest BCUT2D eigenvalue weighted by Crippen LogP contribution is 2.24. The van der Waals surface area contributed by atoms with E-state index in [1.807, 2.05) is 56.6 Å². The van der Waals surface area contributed by atoms with Crippen molar-refractivity contribution in [2.45, 2.75) is 46.9 Å². The third-order valence-electron chi connectivity index (χ3n) is 4.49. The third kappa shape index (κ3) is 4.22. The summed E-state index contributed by atoms with van der Waals surface area (Å²) in [6.45, 7) is 8.98. The Kier molecular flexibility index (Phi) is 5.64. The zero-order valence-corrected chi connectivity index (χ0v) is 16.2. The number of furan rings is 1. The van der Waals surface area contributed by atoms with E-state index in [0.29, 0.717) is 5.76 Å². The van der Waals surface area contributed by atoms with Crippen molar-refractivity contribution in [3.05, 3.63) is 70.9 Å². The first-order chi connectivity index (χ1) is 13.0. The zero-order chi connectivity index (χ0) is 19.4. The molecule has 0 aliphatic heterocycles. The number of hydrogen-bond acceptors (Lipinski definition) is 4. The van der Waals surface area contributed by atoms with Crippen LogP contribution in [0, 0.1) is 13.8 Å². The van der Waals surface area contributed by atoms with Crippen molar-refractivity contribution >= 4 is 5.91 Å². The Balaban J connectivity index is 1.62. The molecule has 6 nitrogen and oxygen atoms in total. The fourth-order valence-corrected chi connectivity index (χ4v) is 3.06. The van der Waals surface area contributed by atoms with Crippen LogP contribution in [0.2, 0.25) is 0 Å². The Bertz CT molecular complexity index is 906. The number of benzene rings is 1. The predicted molar refractivity (Wildman–Crippen MR) is 103 cm³/mol. The highest BCUT2D eigenvalue weighted by Gasteiger charge is 2.17. The molecule has 3 aromatic rings. The van der Waals surface area contributed by atoms with Crippen molar-refractivity contribution in [3.63, 3.8) is 0 Å². The lowest BCUT2D eigenvalue weighted by Crippen LogP contribution is -2.28. The van der Waals surface area contributed by atoms with Gasteiger partial charge >= 0.3 is 0 Å². The van der Waals surface area contributed by atoms with E-state index >= 15 is 0 Å². The summed E-state index contributed by atoms with van der Waals surface area (Å²) in [4.78, 5) is 12.5. The van der Waals surface area contributed by atoms with Crippen LogP contribution in [-0.2, 0) is 13.2 Å². The summed E-state index contributed by atoms with van der Waals surface area (Å²) in [6.07, 6.45) is 1.73. The van der Waals surface area contributed by atoms with Crippen LogP contribution >= 0.6 is 0 Å². The first-order valence-corrected chi connectivity index (χ1v) is 9.10. The maximum Gasteiger partial charge on any atom is 0.287 e. The molecule has 1 N–H and O–H groups in total. The highest BCUT2D eigenvalue weighted by atomic mass is 16.5. The van der Waals surface area contributed by atoms with Gasteiger partial charge in [-0.25, -0.2) is 0 Å². The quantitative estimate of drug-likeness (QED) is 0.680. The summed E-state index contributed by atoms with van der Waals surface area (Å²) in [7, 11) is 0. The van der Waals surface area contributed by atoms with Gasteiger partial charge in [0.15, 0.2) is 5.76 Å². The van der Waals surface area contributed by atoms with Crippen LogP contribution in [0.15, 0.2) is 47.0 Å². The van der Waals surface area contributed by atoms with Gasteiger partial charge in [0.25, 0.3) is 5.91 Å². The lowest BCUT2D eigenvalue weighted by Gasteiger charge is -2.14. The summed E-state index contributed by atoms with van der Waals surface area (Å²) in [5.41, 5.74) is 3.10. The van der Waals surface area contributed by atoms with Crippen LogP contribution in [0.3, 0.4) is 0 Å². The van der Waals surface area contributed by atoms with Gasteiger partial charge in [-0.2, -0.15) is 5.10 Å². The van der Waals surface area contributed by atoms with Crippen LogP contribution in [0.1, 0.15) is 53.0 Å². The molecular formula is C21H25N3O3. The highest BCUT2D eigenvalue weighted by molar-refractivity contribution is 5.91. The number of nitrogens with one attached hydrogen (secondary N) is 1. The van der Waals surface area contributed by atoms with Crippen molar-refractivity contribution in [2.75, 3.05) is 0 Å². The van der Waals surface area contributed by atoms with E-state index in [1.54, 1.807) is 18.3 Å². The fourth-order valence-electron chi connectivity index (χ4n) is 3.06. The number of carbonyl (C=O) groups excluding carboxylic acids is 1. The second kappa shape index (κ2) is 8.12. The molecule has 2 heterocycles. The molecular weight excluding hydrogens is 342 g/mol. The van der Waals surface area contributed by atoms with Crippen LogP contribution in [0.25, 0.3) is 0 Å². The average Bonchev–Trinajstić information content (AvgIpc) is 3.30. The standard InChI is InChI=1S/C21H25N3O3/c1-5-24-18(11-12-22-24)16(4)23-21(25)19-10-9-17(27-19)13-26-20-14(2)7-6-8-15(20)3/h6-12,16H,5,13H2,1-4H3,(H,23,25). The molecule has 0 bridgehead atoms. The van der Waals surface area contributed by atoms with Gasteiger partial charge in [0.2, 0.25) is 0 Å². The van der Waals surface area contributed by atoms with Crippen molar-refractivity contribution in [1.29, 1.82) is 0 Å². The monoisotopic (exact) mass is 367 g/mol. The summed E-state index contributed by atoms with van der Waals surface area (Å²) in [5, 5.41) is 7.18. The van der Waals surface area contributed by atoms with Gasteiger partial charge in [-0.15, -0.1) is 0 Å². The van der Waals surface area contributed by atoms with E-state index in [4.69, 9.17) is 9.15 Å². The van der Waals surface area contributed by atoms with E-state index < -0.39 is 0 Å². The molecule has 3 rings (SSSR count). The Morgan fingerprint density at radius 3 is 2.67 bits per heavy atom. The van der Waals surface area contributed by atoms with E-state index in [9.17, 15) is 4.79 Å². The topological polar surface area (TPSA) is 69.3 Å². The number of carbonyl (C=O) groups is 1. The van der Waals surface area contributed by atoms with Crippen molar-refractivity contribution in [1.82, 2.24) is 15.1 Å². The van der Waals surface area contributed by atoms with E-state index in [-0.39, 0.29) is 24.3 Å². The lowest BCUT2D eigenvalue weighted by atomic mass is 10.1. The van der Waals surface area contributed by atoms with Gasteiger partial charge in [-0.05, 0) is 57.0 Å². The minimum absolute atomic E-state index is 0.167. The average molecular weight is 367 g/mol. The van der Waals surface area contributed by atoms with E-state index in [1.165, 1.54) is 0 Å². The summed E-state index contributed by atoms with van der Waals surface area (Å²) in [5.74, 6) is 1.46. The number of aromatic nitrogens is 2. The van der Waals surface area contributed by atoms with Gasteiger partial charge in [-0.1, -0.05) is 18.2 Å². The predicted octanol–water partition coefficient (Wildman–Crippen LogP) is 4.18. The maximum atomic E-state index is 12.5. The van der Waals surface area contributed by atoms with Crippen molar-refractivity contribution in [3.8, 4) is 5.75 Å². The molecule has 142 valence electrons. The summed E-state index contributed by atoms with van der Waals surface area (Å²) in [6, 6.07) is 11.2. The molecule has 0 aliphatic carbocycles. The minimum Gasteiger partial charge on any atom is -0.485 e. The van der Waals surface area contributed by atoms with Gasteiger partial charge in [0.1, 0.15) is 18.1 Å². The fraction of sp³-hybridized carbons (Fsp3) is 0.333. The molecule has 0 fully saturated rings. The molecule has 27 heavy (non-hydrogen) atoms. The zero-order valence-electron chi connectivity index (χ0n) is 16.2. The van der Waals surface area contributed by atoms with E-state index in [0.717, 1.165) is 29.1 Å².